The molecule has 33 heavy (non-hydrogen) atoms. The number of rotatable bonds is 9. The number of fused-ring (bicyclic) bond motifs is 3. The molecule has 1 unspecified atom stereocenters. The minimum atomic E-state index is -1.15. The second-order valence-corrected chi connectivity index (χ2v) is 7.96. The summed E-state index contributed by atoms with van der Waals surface area (Å²) in [5.41, 5.74) is 4.28. The molecule has 1 aliphatic rings. The highest BCUT2D eigenvalue weighted by Gasteiger charge is 2.30. The van der Waals surface area contributed by atoms with Crippen LogP contribution in [0.1, 0.15) is 29.9 Å². The molecule has 9 nitrogen and oxygen atoms in total. The molecule has 3 amide bonds. The van der Waals surface area contributed by atoms with E-state index in [2.05, 4.69) is 10.6 Å². The van der Waals surface area contributed by atoms with Gasteiger partial charge in [-0.25, -0.2) is 4.79 Å². The van der Waals surface area contributed by atoms with E-state index in [0.29, 0.717) is 0 Å². The second-order valence-electron chi connectivity index (χ2n) is 7.96. The Bertz CT molecular complexity index is 1010. The van der Waals surface area contributed by atoms with Gasteiger partial charge in [0.1, 0.15) is 12.6 Å². The second kappa shape index (κ2) is 10.6. The van der Waals surface area contributed by atoms with Crippen LogP contribution < -0.4 is 10.6 Å². The van der Waals surface area contributed by atoms with Gasteiger partial charge in [-0.3, -0.25) is 14.4 Å². The number of alkyl carbamates (subject to hydrolysis) is 1. The fraction of sp³-hybridized carbons (Fsp3) is 0.333. The summed E-state index contributed by atoms with van der Waals surface area (Å²) in [6.07, 6.45) is -1.30. The molecule has 0 saturated heterocycles. The number of carboxylic acids is 1. The van der Waals surface area contributed by atoms with Crippen LogP contribution in [-0.2, 0) is 19.1 Å². The van der Waals surface area contributed by atoms with E-state index in [1.807, 2.05) is 48.5 Å². The van der Waals surface area contributed by atoms with Crippen LogP contribution in [0.15, 0.2) is 48.5 Å². The Hall–Kier alpha value is -3.88. The molecule has 0 aromatic heterocycles. The van der Waals surface area contributed by atoms with Crippen LogP contribution in [-0.4, -0.2) is 67.2 Å². The van der Waals surface area contributed by atoms with E-state index >= 15 is 0 Å². The lowest BCUT2D eigenvalue weighted by Crippen LogP contribution is -2.49. The maximum atomic E-state index is 12.5. The van der Waals surface area contributed by atoms with Gasteiger partial charge in [0, 0.05) is 26.4 Å². The van der Waals surface area contributed by atoms with E-state index in [0.717, 1.165) is 22.3 Å². The van der Waals surface area contributed by atoms with Gasteiger partial charge in [-0.2, -0.15) is 0 Å². The predicted molar refractivity (Wildman–Crippen MR) is 121 cm³/mol. The number of aliphatic carboxylic acids is 1. The Morgan fingerprint density at radius 1 is 1.00 bits per heavy atom. The molecule has 0 fully saturated rings. The molecule has 174 valence electrons. The monoisotopic (exact) mass is 453 g/mol. The third-order valence-corrected chi connectivity index (χ3v) is 5.51. The van der Waals surface area contributed by atoms with E-state index in [9.17, 15) is 19.2 Å². The molecule has 2 aromatic carbocycles. The normalized spacial score (nSPS) is 12.8. The molecule has 1 aliphatic carbocycles. The van der Waals surface area contributed by atoms with E-state index in [1.165, 1.54) is 4.90 Å². The largest absolute Gasteiger partial charge is 0.481 e. The van der Waals surface area contributed by atoms with Gasteiger partial charge < -0.3 is 25.4 Å². The molecule has 0 bridgehead atoms. The number of hydrogen-bond acceptors (Lipinski definition) is 5. The minimum Gasteiger partial charge on any atom is -0.481 e. The Morgan fingerprint density at radius 3 is 2.12 bits per heavy atom. The van der Waals surface area contributed by atoms with Crippen LogP contribution in [0.3, 0.4) is 0 Å². The number of likely N-dealkylation sites (N-methyl/N-ethyl adjacent to an activating group) is 1. The van der Waals surface area contributed by atoms with Crippen molar-refractivity contribution >= 4 is 23.9 Å². The van der Waals surface area contributed by atoms with Crippen molar-refractivity contribution in [2.45, 2.75) is 24.8 Å². The summed E-state index contributed by atoms with van der Waals surface area (Å²) in [6.45, 7) is -0.200. The maximum absolute atomic E-state index is 12.5. The van der Waals surface area contributed by atoms with Crippen LogP contribution in [0.5, 0.6) is 0 Å². The van der Waals surface area contributed by atoms with E-state index in [-0.39, 0.29) is 37.8 Å². The Morgan fingerprint density at radius 2 is 1.58 bits per heavy atom. The quantitative estimate of drug-likeness (QED) is 0.533. The SMILES string of the molecule is CN(C)C(=O)CNC(=O)C(CCC(=O)O)NC(=O)OCC1c2ccccc2-c2ccccc21. The van der Waals surface area contributed by atoms with Crippen molar-refractivity contribution in [3.05, 3.63) is 59.7 Å². The molecule has 0 radical (unpaired) electrons. The average molecular weight is 453 g/mol. The summed E-state index contributed by atoms with van der Waals surface area (Å²) in [6, 6.07) is 14.7. The number of carbonyl (C=O) groups is 4. The lowest BCUT2D eigenvalue weighted by molar-refractivity contribution is -0.137. The van der Waals surface area contributed by atoms with Crippen LogP contribution in [0.2, 0.25) is 0 Å². The van der Waals surface area contributed by atoms with Gasteiger partial charge in [-0.1, -0.05) is 48.5 Å². The standard InChI is InChI=1S/C24H27N3O6/c1-27(2)21(28)13-25-23(31)20(11-12-22(29)30)26-24(32)33-14-19-17-9-5-3-7-15(17)16-8-4-6-10-18(16)19/h3-10,19-20H,11-14H2,1-2H3,(H,25,31)(H,26,32)(H,29,30). The zero-order chi connectivity index (χ0) is 24.0. The molecular formula is C24H27N3O6. The Kier molecular flexibility index (Phi) is 7.66. The van der Waals surface area contributed by atoms with Crippen molar-refractivity contribution in [1.29, 1.82) is 0 Å². The highest BCUT2D eigenvalue weighted by Crippen LogP contribution is 2.44. The van der Waals surface area contributed by atoms with E-state index < -0.39 is 24.0 Å². The van der Waals surface area contributed by atoms with Crippen LogP contribution in [0.25, 0.3) is 11.1 Å². The number of carboxylic acid groups (broad SMARTS) is 1. The van der Waals surface area contributed by atoms with Crippen molar-refractivity contribution < 1.29 is 29.0 Å². The molecule has 0 aliphatic heterocycles. The molecule has 0 spiro atoms. The fourth-order valence-electron chi connectivity index (χ4n) is 3.76. The third kappa shape index (κ3) is 5.88. The van der Waals surface area contributed by atoms with Gasteiger partial charge in [0.25, 0.3) is 0 Å². The zero-order valence-corrected chi connectivity index (χ0v) is 18.5. The number of ether oxygens (including phenoxy) is 1. The first kappa shape index (κ1) is 23.8. The van der Waals surface area contributed by atoms with Crippen molar-refractivity contribution in [3.63, 3.8) is 0 Å². The summed E-state index contributed by atoms with van der Waals surface area (Å²) in [7, 11) is 3.09. The van der Waals surface area contributed by atoms with Gasteiger partial charge in [0.05, 0.1) is 6.54 Å². The molecule has 1 atom stereocenters. The van der Waals surface area contributed by atoms with E-state index in [4.69, 9.17) is 9.84 Å². The third-order valence-electron chi connectivity index (χ3n) is 5.51. The first-order valence-corrected chi connectivity index (χ1v) is 10.6. The number of carbonyl (C=O) groups excluding carboxylic acids is 3. The Balaban J connectivity index is 1.63. The minimum absolute atomic E-state index is 0.0618. The summed E-state index contributed by atoms with van der Waals surface area (Å²) in [4.78, 5) is 48.9. The number of nitrogens with one attached hydrogen (secondary N) is 2. The summed E-state index contributed by atoms with van der Waals surface area (Å²) >= 11 is 0. The highest BCUT2D eigenvalue weighted by molar-refractivity contribution is 5.89. The Labute approximate surface area is 191 Å². The van der Waals surface area contributed by atoms with Crippen molar-refractivity contribution in [1.82, 2.24) is 15.5 Å². The van der Waals surface area contributed by atoms with Crippen molar-refractivity contribution in [2.75, 3.05) is 27.2 Å². The van der Waals surface area contributed by atoms with Gasteiger partial charge in [-0.05, 0) is 28.7 Å². The molecule has 3 N–H and O–H groups in total. The fourth-order valence-corrected chi connectivity index (χ4v) is 3.76. The predicted octanol–water partition coefficient (Wildman–Crippen LogP) is 1.96. The van der Waals surface area contributed by atoms with Crippen LogP contribution in [0.4, 0.5) is 4.79 Å². The summed E-state index contributed by atoms with van der Waals surface area (Å²) in [5, 5.41) is 13.8. The average Bonchev–Trinajstić information content (AvgIpc) is 3.12. The number of nitrogens with zero attached hydrogens (tertiary/aromatic N) is 1. The highest BCUT2D eigenvalue weighted by atomic mass is 16.5. The number of hydrogen-bond donors (Lipinski definition) is 3. The van der Waals surface area contributed by atoms with Crippen molar-refractivity contribution in [2.24, 2.45) is 0 Å². The lowest BCUT2D eigenvalue weighted by atomic mass is 9.98. The van der Waals surface area contributed by atoms with Crippen molar-refractivity contribution in [3.8, 4) is 11.1 Å². The first-order valence-electron chi connectivity index (χ1n) is 10.6. The first-order chi connectivity index (χ1) is 15.8. The summed E-state index contributed by atoms with van der Waals surface area (Å²) in [5.74, 6) is -2.24. The molecule has 0 saturated carbocycles. The van der Waals surface area contributed by atoms with E-state index in [1.54, 1.807) is 14.1 Å². The van der Waals surface area contributed by atoms with Gasteiger partial charge in [-0.15, -0.1) is 0 Å². The smallest absolute Gasteiger partial charge is 0.407 e. The molecule has 2 aromatic rings. The maximum Gasteiger partial charge on any atom is 0.407 e. The molecular weight excluding hydrogens is 426 g/mol. The molecule has 0 heterocycles. The molecule has 3 rings (SSSR count). The van der Waals surface area contributed by atoms with Crippen LogP contribution >= 0.6 is 0 Å². The van der Waals surface area contributed by atoms with Gasteiger partial charge >= 0.3 is 12.1 Å². The summed E-state index contributed by atoms with van der Waals surface area (Å²) < 4.78 is 5.44. The topological polar surface area (TPSA) is 125 Å². The van der Waals surface area contributed by atoms with Crippen LogP contribution in [0, 0.1) is 0 Å². The van der Waals surface area contributed by atoms with Gasteiger partial charge in [0.2, 0.25) is 11.8 Å². The lowest BCUT2D eigenvalue weighted by Gasteiger charge is -2.20. The zero-order valence-electron chi connectivity index (χ0n) is 18.5. The van der Waals surface area contributed by atoms with Gasteiger partial charge in [0.15, 0.2) is 0 Å². The number of benzene rings is 2. The molecule has 9 heteroatoms. The number of amides is 3.